The van der Waals surface area contributed by atoms with Crippen molar-refractivity contribution in [2.45, 2.75) is 39.8 Å². The molecule has 2 nitrogen and oxygen atoms in total. The first-order chi connectivity index (χ1) is 5.66. The van der Waals surface area contributed by atoms with Crippen molar-refractivity contribution in [1.29, 1.82) is 0 Å². The molecule has 1 fully saturated rings. The quantitative estimate of drug-likeness (QED) is 0.575. The highest BCUT2D eigenvalue weighted by Gasteiger charge is 2.38. The van der Waals surface area contributed by atoms with Crippen molar-refractivity contribution in [3.8, 4) is 0 Å². The van der Waals surface area contributed by atoms with E-state index in [9.17, 15) is 0 Å². The molecule has 12 heavy (non-hydrogen) atoms. The van der Waals surface area contributed by atoms with E-state index in [1.54, 1.807) is 0 Å². The number of ether oxygens (including phenoxy) is 1. The van der Waals surface area contributed by atoms with E-state index in [0.29, 0.717) is 12.1 Å². The summed E-state index contributed by atoms with van der Waals surface area (Å²) in [4.78, 5) is 0. The highest BCUT2D eigenvalue weighted by Crippen LogP contribution is 2.22. The average molecular weight is 172 g/mol. The van der Waals surface area contributed by atoms with Gasteiger partial charge in [0.05, 0.1) is 19.7 Å². The Morgan fingerprint density at radius 1 is 1.25 bits per heavy atom. The Kier molecular flexibility index (Phi) is 3.13. The second kappa shape index (κ2) is 3.75. The fraction of sp³-hybridized carbons (Fsp3) is 1.00. The SMILES string of the molecule is CC[N+]1(CC)CCOC(C)C1C. The third-order valence-electron chi connectivity index (χ3n) is 3.72. The van der Waals surface area contributed by atoms with Crippen LogP contribution in [0.3, 0.4) is 0 Å². The smallest absolute Gasteiger partial charge is 0.112 e. The van der Waals surface area contributed by atoms with Gasteiger partial charge in [0.15, 0.2) is 0 Å². The van der Waals surface area contributed by atoms with E-state index < -0.39 is 0 Å². The summed E-state index contributed by atoms with van der Waals surface area (Å²) in [6, 6.07) is 0.661. The number of hydrogen-bond donors (Lipinski definition) is 0. The number of nitrogens with zero attached hydrogens (tertiary/aromatic N) is 1. The number of morpholine rings is 1. The number of quaternary nitrogens is 1. The topological polar surface area (TPSA) is 9.23 Å². The lowest BCUT2D eigenvalue weighted by atomic mass is 10.1. The average Bonchev–Trinajstić information content (AvgIpc) is 2.11. The molecule has 1 aliphatic heterocycles. The minimum absolute atomic E-state index is 0.429. The third kappa shape index (κ3) is 1.50. The van der Waals surface area contributed by atoms with Gasteiger partial charge in [0.1, 0.15) is 18.7 Å². The van der Waals surface area contributed by atoms with Gasteiger partial charge < -0.3 is 9.22 Å². The molecular weight excluding hydrogens is 150 g/mol. The number of rotatable bonds is 2. The standard InChI is InChI=1S/C10H22NO/c1-5-11(6-2)7-8-12-10(4)9(11)3/h9-10H,5-8H2,1-4H3/q+1. The van der Waals surface area contributed by atoms with Crippen molar-refractivity contribution in [2.24, 2.45) is 0 Å². The van der Waals surface area contributed by atoms with E-state index in [0.717, 1.165) is 6.61 Å². The molecule has 0 aromatic carbocycles. The lowest BCUT2D eigenvalue weighted by molar-refractivity contribution is -0.957. The van der Waals surface area contributed by atoms with Gasteiger partial charge in [-0.1, -0.05) is 0 Å². The highest BCUT2D eigenvalue weighted by molar-refractivity contribution is 4.66. The molecule has 0 amide bonds. The molecule has 72 valence electrons. The normalized spacial score (nSPS) is 35.0. The van der Waals surface area contributed by atoms with Crippen molar-refractivity contribution in [3.05, 3.63) is 0 Å². The predicted octanol–water partition coefficient (Wildman–Crippen LogP) is 1.65. The second-order valence-corrected chi connectivity index (χ2v) is 3.89. The maximum absolute atomic E-state index is 5.63. The van der Waals surface area contributed by atoms with Gasteiger partial charge in [-0.2, -0.15) is 0 Å². The Morgan fingerprint density at radius 2 is 1.83 bits per heavy atom. The minimum atomic E-state index is 0.429. The molecule has 0 N–H and O–H groups in total. The summed E-state index contributed by atoms with van der Waals surface area (Å²) in [5.74, 6) is 0. The summed E-state index contributed by atoms with van der Waals surface area (Å²) in [5.41, 5.74) is 0. The van der Waals surface area contributed by atoms with Crippen LogP contribution < -0.4 is 0 Å². The van der Waals surface area contributed by atoms with E-state index in [2.05, 4.69) is 27.7 Å². The summed E-state index contributed by atoms with van der Waals surface area (Å²) in [6.07, 6.45) is 0.429. The van der Waals surface area contributed by atoms with E-state index in [4.69, 9.17) is 4.74 Å². The molecule has 0 saturated carbocycles. The molecule has 0 radical (unpaired) electrons. The Morgan fingerprint density at radius 3 is 2.25 bits per heavy atom. The third-order valence-corrected chi connectivity index (χ3v) is 3.72. The zero-order valence-corrected chi connectivity index (χ0v) is 8.84. The molecule has 0 spiro atoms. The molecule has 0 aromatic rings. The van der Waals surface area contributed by atoms with Crippen LogP contribution in [0, 0.1) is 0 Å². The largest absolute Gasteiger partial charge is 0.366 e. The van der Waals surface area contributed by atoms with Crippen LogP contribution in [0.25, 0.3) is 0 Å². The first-order valence-corrected chi connectivity index (χ1v) is 5.13. The maximum atomic E-state index is 5.63. The Hall–Kier alpha value is -0.0800. The summed E-state index contributed by atoms with van der Waals surface area (Å²) < 4.78 is 6.87. The van der Waals surface area contributed by atoms with Crippen molar-refractivity contribution in [3.63, 3.8) is 0 Å². The molecule has 1 saturated heterocycles. The summed E-state index contributed by atoms with van der Waals surface area (Å²) >= 11 is 0. The Bertz CT molecular complexity index is 143. The molecule has 1 aliphatic rings. The Balaban J connectivity index is 2.71. The first kappa shape index (κ1) is 10.0. The molecule has 2 heteroatoms. The monoisotopic (exact) mass is 172 g/mol. The maximum Gasteiger partial charge on any atom is 0.112 e. The van der Waals surface area contributed by atoms with Gasteiger partial charge in [-0.3, -0.25) is 0 Å². The summed E-state index contributed by atoms with van der Waals surface area (Å²) in [6.45, 7) is 13.7. The van der Waals surface area contributed by atoms with Crippen LogP contribution in [0.1, 0.15) is 27.7 Å². The first-order valence-electron chi connectivity index (χ1n) is 5.13. The molecular formula is C10H22NO+. The fourth-order valence-electron chi connectivity index (χ4n) is 2.32. The van der Waals surface area contributed by atoms with Gasteiger partial charge in [-0.15, -0.1) is 0 Å². The zero-order valence-electron chi connectivity index (χ0n) is 8.84. The second-order valence-electron chi connectivity index (χ2n) is 3.89. The van der Waals surface area contributed by atoms with Crippen LogP contribution in [-0.4, -0.2) is 42.9 Å². The number of likely N-dealkylation sites (N-methyl/N-ethyl adjacent to an activating group) is 1. The van der Waals surface area contributed by atoms with Crippen LogP contribution in [0.2, 0.25) is 0 Å². The summed E-state index contributed by atoms with van der Waals surface area (Å²) in [5, 5.41) is 0. The molecule has 0 aromatic heterocycles. The van der Waals surface area contributed by atoms with Crippen LogP contribution in [0.15, 0.2) is 0 Å². The highest BCUT2D eigenvalue weighted by atomic mass is 16.5. The van der Waals surface area contributed by atoms with E-state index in [1.807, 2.05) is 0 Å². The van der Waals surface area contributed by atoms with Gasteiger partial charge >= 0.3 is 0 Å². The molecule has 1 rings (SSSR count). The van der Waals surface area contributed by atoms with Crippen molar-refractivity contribution in [1.82, 2.24) is 0 Å². The van der Waals surface area contributed by atoms with Crippen LogP contribution in [-0.2, 0) is 4.74 Å². The molecule has 1 heterocycles. The predicted molar refractivity (Wildman–Crippen MR) is 51.1 cm³/mol. The molecule has 2 atom stereocenters. The Labute approximate surface area is 76.1 Å². The van der Waals surface area contributed by atoms with Gasteiger partial charge in [0, 0.05) is 0 Å². The molecule has 2 unspecified atom stereocenters. The van der Waals surface area contributed by atoms with Crippen molar-refractivity contribution >= 4 is 0 Å². The molecule has 0 aliphatic carbocycles. The lowest BCUT2D eigenvalue weighted by Gasteiger charge is -2.47. The minimum Gasteiger partial charge on any atom is -0.366 e. The van der Waals surface area contributed by atoms with Crippen molar-refractivity contribution in [2.75, 3.05) is 26.2 Å². The van der Waals surface area contributed by atoms with Gasteiger partial charge in [-0.25, -0.2) is 0 Å². The summed E-state index contributed by atoms with van der Waals surface area (Å²) in [7, 11) is 0. The van der Waals surface area contributed by atoms with Gasteiger partial charge in [-0.05, 0) is 27.7 Å². The van der Waals surface area contributed by atoms with E-state index in [1.165, 1.54) is 24.1 Å². The van der Waals surface area contributed by atoms with E-state index >= 15 is 0 Å². The zero-order chi connectivity index (χ0) is 9.19. The van der Waals surface area contributed by atoms with Crippen molar-refractivity contribution < 1.29 is 9.22 Å². The fourth-order valence-corrected chi connectivity index (χ4v) is 2.32. The van der Waals surface area contributed by atoms with Gasteiger partial charge in [0.2, 0.25) is 0 Å². The van der Waals surface area contributed by atoms with Crippen LogP contribution in [0.4, 0.5) is 0 Å². The van der Waals surface area contributed by atoms with Crippen LogP contribution >= 0.6 is 0 Å². The van der Waals surface area contributed by atoms with Crippen LogP contribution in [0.5, 0.6) is 0 Å². The number of hydrogen-bond acceptors (Lipinski definition) is 1. The lowest BCUT2D eigenvalue weighted by Crippen LogP contribution is -2.63. The van der Waals surface area contributed by atoms with Gasteiger partial charge in [0.25, 0.3) is 0 Å². The van der Waals surface area contributed by atoms with E-state index in [-0.39, 0.29) is 0 Å². The molecule has 0 bridgehead atoms.